The van der Waals surface area contributed by atoms with Gasteiger partial charge in [0.05, 0.1) is 29.1 Å². The van der Waals surface area contributed by atoms with Gasteiger partial charge >= 0.3 is 6.18 Å². The second-order valence-electron chi connectivity index (χ2n) is 6.31. The lowest BCUT2D eigenvalue weighted by Crippen LogP contribution is -2.28. The van der Waals surface area contributed by atoms with Gasteiger partial charge in [-0.2, -0.15) is 13.2 Å². The number of rotatable bonds is 5. The summed E-state index contributed by atoms with van der Waals surface area (Å²) in [5.74, 6) is 0.384. The smallest absolute Gasteiger partial charge is 0.416 e. The maximum atomic E-state index is 13.0. The lowest BCUT2D eigenvalue weighted by Gasteiger charge is -2.18. The Hall–Kier alpha value is -2.81. The zero-order valence-corrected chi connectivity index (χ0v) is 16.7. The highest BCUT2D eigenvalue weighted by Crippen LogP contribution is 2.31. The lowest BCUT2D eigenvalue weighted by atomic mass is 10.0. The van der Waals surface area contributed by atoms with Gasteiger partial charge in [-0.1, -0.05) is 12.1 Å². The van der Waals surface area contributed by atoms with Crippen LogP contribution in [0.4, 0.5) is 13.2 Å². The summed E-state index contributed by atoms with van der Waals surface area (Å²) in [6.45, 7) is 3.30. The molecule has 3 rings (SSSR count). The lowest BCUT2D eigenvalue weighted by molar-refractivity contribution is -0.137. The fourth-order valence-electron chi connectivity index (χ4n) is 2.81. The van der Waals surface area contributed by atoms with Gasteiger partial charge in [0.1, 0.15) is 5.03 Å². The van der Waals surface area contributed by atoms with Crippen LogP contribution in [0, 0.1) is 6.92 Å². The number of furan rings is 1. The van der Waals surface area contributed by atoms with E-state index in [2.05, 4.69) is 15.3 Å². The highest BCUT2D eigenvalue weighted by Gasteiger charge is 2.31. The summed E-state index contributed by atoms with van der Waals surface area (Å²) in [5, 5.41) is 3.19. The van der Waals surface area contributed by atoms with Crippen LogP contribution in [0.3, 0.4) is 0 Å². The maximum absolute atomic E-state index is 13.0. The Kier molecular flexibility index (Phi) is 5.97. The van der Waals surface area contributed by atoms with Crippen molar-refractivity contribution in [2.24, 2.45) is 0 Å². The zero-order valence-electron chi connectivity index (χ0n) is 15.9. The molecule has 0 unspecified atom stereocenters. The van der Waals surface area contributed by atoms with Crippen molar-refractivity contribution < 1.29 is 22.4 Å². The third kappa shape index (κ3) is 4.61. The molecule has 9 heteroatoms. The van der Waals surface area contributed by atoms with E-state index in [4.69, 9.17) is 4.42 Å². The number of halogens is 3. The summed E-state index contributed by atoms with van der Waals surface area (Å²) in [4.78, 5) is 21.6. The average molecular weight is 421 g/mol. The van der Waals surface area contributed by atoms with Crippen molar-refractivity contribution >= 4 is 17.7 Å². The summed E-state index contributed by atoms with van der Waals surface area (Å²) in [7, 11) is 0. The molecule has 1 aromatic carbocycles. The summed E-state index contributed by atoms with van der Waals surface area (Å²) in [6, 6.07) is 7.68. The summed E-state index contributed by atoms with van der Waals surface area (Å²) in [5.41, 5.74) is 0.323. The number of alkyl halides is 3. The number of hydrogen-bond acceptors (Lipinski definition) is 5. The second-order valence-corrected chi connectivity index (χ2v) is 7.11. The number of nitrogens with one attached hydrogen (secondary N) is 1. The molecule has 5 nitrogen and oxygen atoms in total. The minimum Gasteiger partial charge on any atom is -0.461 e. The molecule has 0 fully saturated rings. The van der Waals surface area contributed by atoms with Gasteiger partial charge in [-0.15, -0.1) is 11.8 Å². The Bertz CT molecular complexity index is 1020. The Morgan fingerprint density at radius 3 is 2.59 bits per heavy atom. The molecule has 0 saturated carbocycles. The van der Waals surface area contributed by atoms with Crippen LogP contribution >= 0.6 is 11.8 Å². The molecule has 1 atom stereocenters. The number of carbonyl (C=O) groups is 1. The first-order valence-corrected chi connectivity index (χ1v) is 9.87. The molecule has 152 valence electrons. The number of carbonyl (C=O) groups excluding carboxylic acids is 1. The van der Waals surface area contributed by atoms with Crippen molar-refractivity contribution in [1.29, 1.82) is 0 Å². The molecule has 2 aromatic heterocycles. The van der Waals surface area contributed by atoms with Crippen molar-refractivity contribution in [3.63, 3.8) is 0 Å². The molecule has 0 aliphatic heterocycles. The third-order valence-corrected chi connectivity index (χ3v) is 4.96. The van der Waals surface area contributed by atoms with Crippen molar-refractivity contribution in [2.75, 3.05) is 6.26 Å². The highest BCUT2D eigenvalue weighted by molar-refractivity contribution is 7.98. The largest absolute Gasteiger partial charge is 0.461 e. The van der Waals surface area contributed by atoms with Crippen molar-refractivity contribution in [3.05, 3.63) is 65.0 Å². The first-order valence-electron chi connectivity index (χ1n) is 8.65. The van der Waals surface area contributed by atoms with E-state index in [0.717, 1.165) is 12.1 Å². The van der Waals surface area contributed by atoms with Gasteiger partial charge in [0.15, 0.2) is 11.6 Å². The Morgan fingerprint density at radius 2 is 1.97 bits per heavy atom. The molecule has 0 spiro atoms. The van der Waals surface area contributed by atoms with E-state index in [0.29, 0.717) is 27.9 Å². The van der Waals surface area contributed by atoms with E-state index in [1.54, 1.807) is 38.3 Å². The Morgan fingerprint density at radius 1 is 1.21 bits per heavy atom. The predicted octanol–water partition coefficient (Wildman–Crippen LogP) is 5.28. The molecule has 0 saturated heterocycles. The van der Waals surface area contributed by atoms with Crippen LogP contribution in [0.15, 0.2) is 52.1 Å². The van der Waals surface area contributed by atoms with Gasteiger partial charge in [0, 0.05) is 0 Å². The van der Waals surface area contributed by atoms with Crippen LogP contribution in [0.25, 0.3) is 11.6 Å². The van der Waals surface area contributed by atoms with Crippen LogP contribution in [-0.4, -0.2) is 22.1 Å². The number of aromatic nitrogens is 2. The van der Waals surface area contributed by atoms with E-state index >= 15 is 0 Å². The summed E-state index contributed by atoms with van der Waals surface area (Å²) < 4.78 is 44.2. The number of aryl methyl sites for hydroxylation is 1. The monoisotopic (exact) mass is 421 g/mol. The van der Waals surface area contributed by atoms with Gasteiger partial charge in [-0.05, 0) is 49.9 Å². The minimum atomic E-state index is -4.45. The standard InChI is InChI=1S/C20H18F3N3O2S/c1-11(13-6-4-7-14(10-13)20(21,22)23)25-18(27)16-12(2)24-17(26-19(16)29-3)15-8-5-9-28-15/h4-11H,1-3H3,(H,25,27)/t11-/m1/s1. The SMILES string of the molecule is CSc1nc(-c2ccco2)nc(C)c1C(=O)N[C@H](C)c1cccc(C(F)(F)F)c1. The van der Waals surface area contributed by atoms with Gasteiger partial charge in [-0.3, -0.25) is 4.79 Å². The molecule has 1 N–H and O–H groups in total. The summed E-state index contributed by atoms with van der Waals surface area (Å²) >= 11 is 1.28. The van der Waals surface area contributed by atoms with E-state index in [-0.39, 0.29) is 5.56 Å². The molecule has 2 heterocycles. The van der Waals surface area contributed by atoms with E-state index in [1.807, 2.05) is 0 Å². The van der Waals surface area contributed by atoms with Crippen molar-refractivity contribution in [3.8, 4) is 11.6 Å². The van der Waals surface area contributed by atoms with Gasteiger partial charge in [0.2, 0.25) is 0 Å². The van der Waals surface area contributed by atoms with Gasteiger partial charge < -0.3 is 9.73 Å². The van der Waals surface area contributed by atoms with Gasteiger partial charge in [0.25, 0.3) is 5.91 Å². The number of amides is 1. The maximum Gasteiger partial charge on any atom is 0.416 e. The second kappa shape index (κ2) is 8.28. The molecule has 3 aromatic rings. The number of hydrogen-bond donors (Lipinski definition) is 1. The normalized spacial score (nSPS) is 12.6. The number of benzene rings is 1. The molecule has 0 aliphatic carbocycles. The minimum absolute atomic E-state index is 0.284. The van der Waals surface area contributed by atoms with Crippen molar-refractivity contribution in [1.82, 2.24) is 15.3 Å². The average Bonchev–Trinajstić information content (AvgIpc) is 3.21. The summed E-state index contributed by atoms with van der Waals surface area (Å²) in [6.07, 6.45) is -1.16. The van der Waals surface area contributed by atoms with E-state index in [1.165, 1.54) is 24.1 Å². The first-order chi connectivity index (χ1) is 13.7. The van der Waals surface area contributed by atoms with Crippen LogP contribution in [0.5, 0.6) is 0 Å². The Labute approximate surface area is 169 Å². The quantitative estimate of drug-likeness (QED) is 0.449. The molecular formula is C20H18F3N3O2S. The molecule has 1 amide bonds. The van der Waals surface area contributed by atoms with E-state index < -0.39 is 23.7 Å². The molecule has 0 aliphatic rings. The third-order valence-electron chi connectivity index (χ3n) is 4.28. The zero-order chi connectivity index (χ0) is 21.2. The number of thioether (sulfide) groups is 1. The number of nitrogens with zero attached hydrogens (tertiary/aromatic N) is 2. The predicted molar refractivity (Wildman–Crippen MR) is 104 cm³/mol. The van der Waals surface area contributed by atoms with Crippen LogP contribution < -0.4 is 5.32 Å². The van der Waals surface area contributed by atoms with Crippen LogP contribution in [-0.2, 0) is 6.18 Å². The molecule has 0 radical (unpaired) electrons. The van der Waals surface area contributed by atoms with Crippen LogP contribution in [0.1, 0.15) is 40.1 Å². The molecule has 0 bridgehead atoms. The first kappa shape index (κ1) is 20.9. The topological polar surface area (TPSA) is 68.0 Å². The molecular weight excluding hydrogens is 403 g/mol. The van der Waals surface area contributed by atoms with Crippen LogP contribution in [0.2, 0.25) is 0 Å². The van der Waals surface area contributed by atoms with Crippen molar-refractivity contribution in [2.45, 2.75) is 31.1 Å². The Balaban J connectivity index is 1.87. The van der Waals surface area contributed by atoms with Gasteiger partial charge in [-0.25, -0.2) is 9.97 Å². The fraction of sp³-hybridized carbons (Fsp3) is 0.250. The molecule has 29 heavy (non-hydrogen) atoms. The van der Waals surface area contributed by atoms with E-state index in [9.17, 15) is 18.0 Å². The fourth-order valence-corrected chi connectivity index (χ4v) is 3.43. The highest BCUT2D eigenvalue weighted by atomic mass is 32.2.